The number of halogens is 2. The lowest BCUT2D eigenvalue weighted by Crippen LogP contribution is -2.07. The largest absolute Gasteiger partial charge is 0.381 e. The number of imidazole rings is 1. The van der Waals surface area contributed by atoms with E-state index in [1.807, 2.05) is 6.07 Å². The Morgan fingerprint density at radius 2 is 2.20 bits per heavy atom. The monoisotopic (exact) mass is 298 g/mol. The summed E-state index contributed by atoms with van der Waals surface area (Å²) in [7, 11) is 0. The van der Waals surface area contributed by atoms with E-state index in [1.54, 1.807) is 6.07 Å². The van der Waals surface area contributed by atoms with Crippen LogP contribution in [0.15, 0.2) is 18.2 Å². The Bertz CT molecular complexity index is 556. The minimum atomic E-state index is -0.278. The first kappa shape index (κ1) is 15.3. The van der Waals surface area contributed by atoms with Crippen LogP contribution < -0.4 is 0 Å². The molecule has 0 saturated heterocycles. The second-order valence-corrected chi connectivity index (χ2v) is 5.07. The van der Waals surface area contributed by atoms with Crippen molar-refractivity contribution < 1.29 is 9.13 Å². The summed E-state index contributed by atoms with van der Waals surface area (Å²) in [4.78, 5) is 4.38. The molecule has 0 saturated carbocycles. The molecule has 1 aromatic heterocycles. The van der Waals surface area contributed by atoms with E-state index in [0.29, 0.717) is 24.4 Å². The first-order chi connectivity index (χ1) is 9.77. The van der Waals surface area contributed by atoms with Gasteiger partial charge in [-0.3, -0.25) is 0 Å². The van der Waals surface area contributed by atoms with Crippen LogP contribution in [0.2, 0.25) is 0 Å². The number of para-hydroxylation sites is 1. The molecule has 2 aromatic rings. The molecular weight excluding hydrogens is 279 g/mol. The molecule has 0 unspecified atom stereocenters. The smallest absolute Gasteiger partial charge is 0.151 e. The Morgan fingerprint density at radius 3 is 2.95 bits per heavy atom. The molecular formula is C15H20ClFN2O. The number of alkyl halides is 1. The lowest BCUT2D eigenvalue weighted by molar-refractivity contribution is 0.129. The molecule has 110 valence electrons. The van der Waals surface area contributed by atoms with Crippen molar-refractivity contribution in [2.45, 2.75) is 32.7 Å². The maximum absolute atomic E-state index is 13.8. The molecule has 0 fully saturated rings. The summed E-state index contributed by atoms with van der Waals surface area (Å²) in [5.74, 6) is 1.05. The van der Waals surface area contributed by atoms with Gasteiger partial charge in [0.15, 0.2) is 5.82 Å². The zero-order valence-electron chi connectivity index (χ0n) is 11.7. The van der Waals surface area contributed by atoms with Gasteiger partial charge in [-0.2, -0.15) is 0 Å². The molecule has 0 atom stereocenters. The molecule has 5 heteroatoms. The molecule has 0 spiro atoms. The van der Waals surface area contributed by atoms with Crippen molar-refractivity contribution in [1.29, 1.82) is 0 Å². The summed E-state index contributed by atoms with van der Waals surface area (Å²) in [6, 6.07) is 5.05. The zero-order valence-corrected chi connectivity index (χ0v) is 12.5. The topological polar surface area (TPSA) is 27.1 Å². The first-order valence-electron chi connectivity index (χ1n) is 7.05. The highest BCUT2D eigenvalue weighted by Gasteiger charge is 2.12. The fourth-order valence-electron chi connectivity index (χ4n) is 2.26. The van der Waals surface area contributed by atoms with E-state index in [2.05, 4.69) is 16.5 Å². The number of hydrogen-bond acceptors (Lipinski definition) is 2. The van der Waals surface area contributed by atoms with Crippen molar-refractivity contribution in [1.82, 2.24) is 9.55 Å². The summed E-state index contributed by atoms with van der Waals surface area (Å²) in [5.41, 5.74) is 1.27. The SMILES string of the molecule is CCCOCCCn1c(CCCl)nc2c(F)cccc21. The van der Waals surface area contributed by atoms with E-state index >= 15 is 0 Å². The molecule has 0 radical (unpaired) electrons. The van der Waals surface area contributed by atoms with Crippen LogP contribution in [0.1, 0.15) is 25.6 Å². The number of ether oxygens (including phenoxy) is 1. The van der Waals surface area contributed by atoms with Gasteiger partial charge in [-0.05, 0) is 25.0 Å². The lowest BCUT2D eigenvalue weighted by Gasteiger charge is -2.08. The van der Waals surface area contributed by atoms with Gasteiger partial charge in [-0.15, -0.1) is 11.6 Å². The van der Waals surface area contributed by atoms with E-state index < -0.39 is 0 Å². The first-order valence-corrected chi connectivity index (χ1v) is 7.58. The minimum absolute atomic E-state index is 0.278. The summed E-state index contributed by atoms with van der Waals surface area (Å²) < 4.78 is 21.3. The second-order valence-electron chi connectivity index (χ2n) is 4.69. The van der Waals surface area contributed by atoms with Crippen LogP contribution >= 0.6 is 11.6 Å². The van der Waals surface area contributed by atoms with E-state index in [9.17, 15) is 4.39 Å². The Balaban J connectivity index is 2.16. The molecule has 0 N–H and O–H groups in total. The van der Waals surface area contributed by atoms with E-state index in [4.69, 9.17) is 16.3 Å². The summed E-state index contributed by atoms with van der Waals surface area (Å²) in [5, 5.41) is 0. The molecule has 20 heavy (non-hydrogen) atoms. The maximum Gasteiger partial charge on any atom is 0.151 e. The van der Waals surface area contributed by atoms with Gasteiger partial charge < -0.3 is 9.30 Å². The molecule has 0 bridgehead atoms. The Morgan fingerprint density at radius 1 is 1.35 bits per heavy atom. The number of aromatic nitrogens is 2. The van der Waals surface area contributed by atoms with Gasteiger partial charge in [0.2, 0.25) is 0 Å². The van der Waals surface area contributed by atoms with Gasteiger partial charge >= 0.3 is 0 Å². The number of aryl methyl sites for hydroxylation is 2. The van der Waals surface area contributed by atoms with Crippen LogP contribution in [0.25, 0.3) is 11.0 Å². The Hall–Kier alpha value is -1.13. The third-order valence-electron chi connectivity index (χ3n) is 3.15. The van der Waals surface area contributed by atoms with Gasteiger partial charge in [0, 0.05) is 32.1 Å². The van der Waals surface area contributed by atoms with Crippen molar-refractivity contribution in [2.75, 3.05) is 19.1 Å². The van der Waals surface area contributed by atoms with Crippen LogP contribution in [0.5, 0.6) is 0 Å². The molecule has 0 aliphatic carbocycles. The average molecular weight is 299 g/mol. The molecule has 0 amide bonds. The quantitative estimate of drug-likeness (QED) is 0.548. The normalized spacial score (nSPS) is 11.3. The molecule has 2 rings (SSSR count). The van der Waals surface area contributed by atoms with Crippen molar-refractivity contribution in [3.8, 4) is 0 Å². The predicted molar refractivity (Wildman–Crippen MR) is 79.8 cm³/mol. The molecule has 1 heterocycles. The Labute approximate surface area is 123 Å². The fourth-order valence-corrected chi connectivity index (χ4v) is 2.43. The van der Waals surface area contributed by atoms with Crippen LogP contribution in [-0.4, -0.2) is 28.6 Å². The fraction of sp³-hybridized carbons (Fsp3) is 0.533. The zero-order chi connectivity index (χ0) is 14.4. The maximum atomic E-state index is 13.8. The third kappa shape index (κ3) is 3.49. The number of hydrogen-bond donors (Lipinski definition) is 0. The highest BCUT2D eigenvalue weighted by atomic mass is 35.5. The number of benzene rings is 1. The van der Waals surface area contributed by atoms with Crippen LogP contribution in [0.4, 0.5) is 4.39 Å². The molecule has 0 aliphatic heterocycles. The van der Waals surface area contributed by atoms with Crippen molar-refractivity contribution in [3.05, 3.63) is 29.8 Å². The standard InChI is InChI=1S/C15H20ClFN2O/c1-2-10-20-11-4-9-19-13-6-3-5-12(17)15(13)18-14(19)7-8-16/h3,5-6H,2,4,7-11H2,1H3. The van der Waals surface area contributed by atoms with Crippen LogP contribution in [0, 0.1) is 5.82 Å². The van der Waals surface area contributed by atoms with Gasteiger partial charge in [-0.25, -0.2) is 9.37 Å². The molecule has 0 aliphatic rings. The van der Waals surface area contributed by atoms with Crippen LogP contribution in [-0.2, 0) is 17.7 Å². The highest BCUT2D eigenvalue weighted by Crippen LogP contribution is 2.20. The Kier molecular flexibility index (Phi) is 5.80. The minimum Gasteiger partial charge on any atom is -0.381 e. The molecule has 1 aromatic carbocycles. The predicted octanol–water partition coefficient (Wildman–Crippen LogP) is 3.77. The number of nitrogens with zero attached hydrogens (tertiary/aromatic N) is 2. The van der Waals surface area contributed by atoms with Crippen molar-refractivity contribution in [2.24, 2.45) is 0 Å². The third-order valence-corrected chi connectivity index (χ3v) is 3.33. The number of rotatable bonds is 8. The van der Waals surface area contributed by atoms with Gasteiger partial charge in [0.25, 0.3) is 0 Å². The molecule has 3 nitrogen and oxygen atoms in total. The summed E-state index contributed by atoms with van der Waals surface area (Å²) in [6.45, 7) is 4.36. The number of fused-ring (bicyclic) bond motifs is 1. The van der Waals surface area contributed by atoms with Gasteiger partial charge in [0.05, 0.1) is 5.52 Å². The van der Waals surface area contributed by atoms with Gasteiger partial charge in [-0.1, -0.05) is 13.0 Å². The van der Waals surface area contributed by atoms with Gasteiger partial charge in [0.1, 0.15) is 11.3 Å². The average Bonchev–Trinajstić information content (AvgIpc) is 2.79. The van der Waals surface area contributed by atoms with Crippen molar-refractivity contribution >= 4 is 22.6 Å². The lowest BCUT2D eigenvalue weighted by atomic mass is 10.3. The van der Waals surface area contributed by atoms with E-state index in [1.165, 1.54) is 6.07 Å². The summed E-state index contributed by atoms with van der Waals surface area (Å²) >= 11 is 5.81. The highest BCUT2D eigenvalue weighted by molar-refractivity contribution is 6.17. The van der Waals surface area contributed by atoms with E-state index in [0.717, 1.165) is 37.3 Å². The second kappa shape index (κ2) is 7.60. The summed E-state index contributed by atoms with van der Waals surface area (Å²) in [6.07, 6.45) is 2.56. The van der Waals surface area contributed by atoms with E-state index in [-0.39, 0.29) is 5.82 Å². The van der Waals surface area contributed by atoms with Crippen LogP contribution in [0.3, 0.4) is 0 Å². The van der Waals surface area contributed by atoms with Crippen molar-refractivity contribution in [3.63, 3.8) is 0 Å².